The van der Waals surface area contributed by atoms with Gasteiger partial charge in [0.05, 0.1) is 31.9 Å². The molecule has 2 aromatic carbocycles. The maximum Gasteiger partial charge on any atom is 0.277 e. The molecule has 1 amide bonds. The first-order chi connectivity index (χ1) is 17.2. The van der Waals surface area contributed by atoms with E-state index < -0.39 is 0 Å². The van der Waals surface area contributed by atoms with Crippen molar-refractivity contribution in [1.82, 2.24) is 15.1 Å². The van der Waals surface area contributed by atoms with Gasteiger partial charge in [-0.15, -0.1) is 0 Å². The van der Waals surface area contributed by atoms with Gasteiger partial charge < -0.3 is 15.0 Å². The molecular weight excluding hydrogens is 476 g/mol. The highest BCUT2D eigenvalue weighted by Gasteiger charge is 2.34. The molecule has 1 aliphatic heterocycles. The van der Waals surface area contributed by atoms with Crippen LogP contribution < -0.4 is 15.0 Å². The number of anilines is 1. The van der Waals surface area contributed by atoms with Crippen LogP contribution in [0.1, 0.15) is 49.3 Å². The summed E-state index contributed by atoms with van der Waals surface area (Å²) in [5.74, 6) is 0.633. The topological polar surface area (TPSA) is 77.9 Å². The number of methoxy groups -OCH3 is 1. The zero-order chi connectivity index (χ0) is 25.9. The lowest BCUT2D eigenvalue weighted by Crippen LogP contribution is -2.39. The van der Waals surface area contributed by atoms with Crippen LogP contribution in [-0.2, 0) is 21.1 Å². The third kappa shape index (κ3) is 5.44. The Morgan fingerprint density at radius 3 is 2.33 bits per heavy atom. The molecule has 1 aromatic heterocycles. The highest BCUT2D eigenvalue weighted by Crippen LogP contribution is 2.34. The predicted molar refractivity (Wildman–Crippen MR) is 142 cm³/mol. The van der Waals surface area contributed by atoms with E-state index in [1.54, 1.807) is 11.8 Å². The molecular formula is C27H34N4O4S. The Balaban J connectivity index is 1.65. The molecule has 9 heteroatoms. The number of carbonyl (C=O) groups is 1. The second-order valence-electron chi connectivity index (χ2n) is 9.73. The third-order valence-electron chi connectivity index (χ3n) is 6.39. The number of fused-ring (bicyclic) bond motifs is 1. The molecule has 2 heterocycles. The van der Waals surface area contributed by atoms with Gasteiger partial charge in [0.2, 0.25) is 0 Å². The zero-order valence-electron chi connectivity index (χ0n) is 21.7. The van der Waals surface area contributed by atoms with Crippen LogP contribution >= 0.6 is 12.0 Å². The van der Waals surface area contributed by atoms with E-state index in [1.165, 1.54) is 12.7 Å². The summed E-state index contributed by atoms with van der Waals surface area (Å²) >= 11 is 1.01. The van der Waals surface area contributed by atoms with Crippen molar-refractivity contribution in [3.63, 3.8) is 0 Å². The minimum absolute atomic E-state index is 0.0255. The quantitative estimate of drug-likeness (QED) is 0.235. The number of rotatable bonds is 10. The van der Waals surface area contributed by atoms with Gasteiger partial charge in [0, 0.05) is 35.8 Å². The number of amides is 1. The molecule has 3 aromatic rings. The molecule has 8 nitrogen and oxygen atoms in total. The SMILES string of the molecule is COOSc1nn(-c2ccc(OC)cc2)c2c1CCN(c1ccc(C(C)(C)CNC(C)C)cc1)C2=O. The Labute approximate surface area is 217 Å². The first kappa shape index (κ1) is 26.2. The molecule has 0 saturated heterocycles. The van der Waals surface area contributed by atoms with Crippen molar-refractivity contribution in [2.45, 2.75) is 50.6 Å². The standard InChI is InChI=1S/C27H34N4O4S/c1-18(2)28-17-27(3,4)19-7-9-20(10-8-19)30-16-15-23-24(26(30)32)31(29-25(23)36-35-34-6)21-11-13-22(33-5)14-12-21/h7-14,18,28H,15-17H2,1-6H3. The Bertz CT molecular complexity index is 1190. The van der Waals surface area contributed by atoms with Crippen molar-refractivity contribution >= 4 is 23.6 Å². The number of nitrogens with one attached hydrogen (secondary N) is 1. The minimum Gasteiger partial charge on any atom is -0.497 e. The van der Waals surface area contributed by atoms with Gasteiger partial charge in [0.1, 0.15) is 11.4 Å². The van der Waals surface area contributed by atoms with Crippen molar-refractivity contribution in [2.24, 2.45) is 0 Å². The number of ether oxygens (including phenoxy) is 1. The summed E-state index contributed by atoms with van der Waals surface area (Å²) < 4.78 is 12.1. The van der Waals surface area contributed by atoms with Crippen LogP contribution in [-0.4, -0.2) is 49.0 Å². The molecule has 36 heavy (non-hydrogen) atoms. The minimum atomic E-state index is -0.0997. The molecule has 0 fully saturated rings. The van der Waals surface area contributed by atoms with Gasteiger partial charge in [0.15, 0.2) is 5.03 Å². The lowest BCUT2D eigenvalue weighted by atomic mass is 9.84. The summed E-state index contributed by atoms with van der Waals surface area (Å²) in [6, 6.07) is 16.2. The van der Waals surface area contributed by atoms with Crippen molar-refractivity contribution in [2.75, 3.05) is 32.2 Å². The smallest absolute Gasteiger partial charge is 0.277 e. The molecule has 4 rings (SSSR count). The lowest BCUT2D eigenvalue weighted by molar-refractivity contribution is -0.160. The highest BCUT2D eigenvalue weighted by atomic mass is 32.2. The fraction of sp³-hybridized carbons (Fsp3) is 0.407. The normalized spacial score (nSPS) is 13.9. The Hall–Kier alpha value is -2.85. The van der Waals surface area contributed by atoms with Crippen molar-refractivity contribution in [3.05, 3.63) is 65.4 Å². The molecule has 0 saturated carbocycles. The molecule has 192 valence electrons. The molecule has 1 aliphatic rings. The van der Waals surface area contributed by atoms with E-state index in [0.717, 1.165) is 41.3 Å². The summed E-state index contributed by atoms with van der Waals surface area (Å²) in [5.41, 5.74) is 4.21. The van der Waals surface area contributed by atoms with E-state index >= 15 is 0 Å². The first-order valence-corrected chi connectivity index (χ1v) is 12.8. The van der Waals surface area contributed by atoms with E-state index in [1.807, 2.05) is 41.3 Å². The number of nitrogens with zero attached hydrogens (tertiary/aromatic N) is 3. The molecule has 0 spiro atoms. The monoisotopic (exact) mass is 510 g/mol. The fourth-order valence-corrected chi connectivity index (χ4v) is 4.82. The molecule has 0 bridgehead atoms. The summed E-state index contributed by atoms with van der Waals surface area (Å²) in [6.07, 6.45) is 0.651. The lowest BCUT2D eigenvalue weighted by Gasteiger charge is -2.30. The van der Waals surface area contributed by atoms with Gasteiger partial charge in [-0.25, -0.2) is 9.57 Å². The zero-order valence-corrected chi connectivity index (χ0v) is 22.5. The Kier molecular flexibility index (Phi) is 8.04. The molecule has 0 atom stereocenters. The maximum absolute atomic E-state index is 13.8. The van der Waals surface area contributed by atoms with Crippen molar-refractivity contribution < 1.29 is 18.8 Å². The molecule has 0 radical (unpaired) electrons. The second-order valence-corrected chi connectivity index (χ2v) is 10.4. The Morgan fingerprint density at radius 1 is 1.06 bits per heavy atom. The van der Waals surface area contributed by atoms with E-state index in [0.29, 0.717) is 29.7 Å². The third-order valence-corrected chi connectivity index (χ3v) is 7.08. The predicted octanol–water partition coefficient (Wildman–Crippen LogP) is 4.94. The number of benzene rings is 2. The van der Waals surface area contributed by atoms with Crippen LogP contribution in [0.25, 0.3) is 5.69 Å². The van der Waals surface area contributed by atoms with E-state index in [-0.39, 0.29) is 11.3 Å². The molecule has 0 unspecified atom stereocenters. The molecule has 0 aliphatic carbocycles. The fourth-order valence-electron chi connectivity index (χ4n) is 4.27. The van der Waals surface area contributed by atoms with Gasteiger partial charge in [-0.1, -0.05) is 39.8 Å². The van der Waals surface area contributed by atoms with E-state index in [9.17, 15) is 4.79 Å². The van der Waals surface area contributed by atoms with Crippen LogP contribution in [0.15, 0.2) is 53.6 Å². The number of hydrogen-bond acceptors (Lipinski definition) is 7. The van der Waals surface area contributed by atoms with Crippen LogP contribution in [0.3, 0.4) is 0 Å². The van der Waals surface area contributed by atoms with Crippen LogP contribution in [0.2, 0.25) is 0 Å². The van der Waals surface area contributed by atoms with Crippen LogP contribution in [0.5, 0.6) is 5.75 Å². The van der Waals surface area contributed by atoms with Crippen LogP contribution in [0.4, 0.5) is 5.69 Å². The van der Waals surface area contributed by atoms with Gasteiger partial charge in [0.25, 0.3) is 5.91 Å². The second kappa shape index (κ2) is 11.0. The largest absolute Gasteiger partial charge is 0.497 e. The van der Waals surface area contributed by atoms with Gasteiger partial charge >= 0.3 is 0 Å². The summed E-state index contributed by atoms with van der Waals surface area (Å²) in [6.45, 7) is 10.2. The summed E-state index contributed by atoms with van der Waals surface area (Å²) in [5, 5.41) is 8.83. The van der Waals surface area contributed by atoms with Gasteiger partial charge in [-0.2, -0.15) is 9.43 Å². The first-order valence-electron chi connectivity index (χ1n) is 12.0. The van der Waals surface area contributed by atoms with E-state index in [2.05, 4.69) is 45.1 Å². The van der Waals surface area contributed by atoms with Gasteiger partial charge in [-0.05, 0) is 48.4 Å². The number of hydrogen-bond donors (Lipinski definition) is 1. The van der Waals surface area contributed by atoms with Gasteiger partial charge in [-0.3, -0.25) is 4.79 Å². The van der Waals surface area contributed by atoms with Crippen molar-refractivity contribution in [1.29, 1.82) is 0 Å². The van der Waals surface area contributed by atoms with E-state index in [4.69, 9.17) is 19.1 Å². The van der Waals surface area contributed by atoms with Crippen LogP contribution in [0, 0.1) is 0 Å². The summed E-state index contributed by atoms with van der Waals surface area (Å²) in [4.78, 5) is 20.4. The Morgan fingerprint density at radius 2 is 1.72 bits per heavy atom. The average Bonchev–Trinajstić information content (AvgIpc) is 3.26. The number of carbonyl (C=O) groups excluding carboxylic acids is 1. The van der Waals surface area contributed by atoms with Crippen molar-refractivity contribution in [3.8, 4) is 11.4 Å². The number of aromatic nitrogens is 2. The highest BCUT2D eigenvalue weighted by molar-refractivity contribution is 7.94. The maximum atomic E-state index is 13.8. The summed E-state index contributed by atoms with van der Waals surface area (Å²) in [7, 11) is 3.06. The average molecular weight is 511 g/mol. The molecule has 1 N–H and O–H groups in total.